The van der Waals surface area contributed by atoms with E-state index in [9.17, 15) is 4.79 Å². The third-order valence-corrected chi connectivity index (χ3v) is 4.69. The van der Waals surface area contributed by atoms with Gasteiger partial charge in [-0.25, -0.2) is 4.98 Å². The predicted molar refractivity (Wildman–Crippen MR) is 98.5 cm³/mol. The summed E-state index contributed by atoms with van der Waals surface area (Å²) in [5, 5.41) is 6.44. The number of halogens is 1. The van der Waals surface area contributed by atoms with Crippen LogP contribution < -0.4 is 5.32 Å². The molecule has 0 fully saturated rings. The van der Waals surface area contributed by atoms with Crippen LogP contribution in [0.15, 0.2) is 48.1 Å². The molecule has 0 aliphatic rings. The number of nitrogens with one attached hydrogen (secondary N) is 1. The summed E-state index contributed by atoms with van der Waals surface area (Å²) >= 11 is 7.53. The molecule has 1 aromatic carbocycles. The highest BCUT2D eigenvalue weighted by Crippen LogP contribution is 2.23. The van der Waals surface area contributed by atoms with Crippen LogP contribution in [0.2, 0.25) is 5.02 Å². The Morgan fingerprint density at radius 3 is 3.00 bits per heavy atom. The highest BCUT2D eigenvalue weighted by atomic mass is 35.5. The van der Waals surface area contributed by atoms with Crippen LogP contribution in [0.4, 0.5) is 5.69 Å². The van der Waals surface area contributed by atoms with E-state index in [-0.39, 0.29) is 5.91 Å². The Morgan fingerprint density at radius 2 is 2.21 bits per heavy atom. The Labute approximate surface area is 149 Å². The van der Waals surface area contributed by atoms with Crippen molar-refractivity contribution in [1.82, 2.24) is 9.97 Å². The zero-order chi connectivity index (χ0) is 16.9. The van der Waals surface area contributed by atoms with E-state index in [1.807, 2.05) is 36.6 Å². The van der Waals surface area contributed by atoms with Crippen molar-refractivity contribution < 1.29 is 4.79 Å². The third kappa shape index (κ3) is 4.19. The minimum atomic E-state index is -0.0431. The Kier molecular flexibility index (Phi) is 5.23. The molecular formula is C18H16ClN3OS. The quantitative estimate of drug-likeness (QED) is 0.717. The normalized spacial score (nSPS) is 10.6. The molecule has 0 atom stereocenters. The fourth-order valence-corrected chi connectivity index (χ4v) is 3.21. The van der Waals surface area contributed by atoms with Gasteiger partial charge in [0.15, 0.2) is 0 Å². The van der Waals surface area contributed by atoms with Crippen LogP contribution >= 0.6 is 22.9 Å². The maximum Gasteiger partial charge on any atom is 0.224 e. The van der Waals surface area contributed by atoms with E-state index in [0.717, 1.165) is 27.5 Å². The first kappa shape index (κ1) is 16.6. The van der Waals surface area contributed by atoms with Crippen LogP contribution in [0.1, 0.15) is 17.0 Å². The summed E-state index contributed by atoms with van der Waals surface area (Å²) in [6.45, 7) is 1.94. The molecule has 4 nitrogen and oxygen atoms in total. The fourth-order valence-electron chi connectivity index (χ4n) is 2.23. The number of thiazole rings is 1. The zero-order valence-corrected chi connectivity index (χ0v) is 14.7. The number of nitrogens with zero attached hydrogens (tertiary/aromatic N) is 2. The summed E-state index contributed by atoms with van der Waals surface area (Å²) in [7, 11) is 0. The Bertz CT molecular complexity index is 848. The van der Waals surface area contributed by atoms with Gasteiger partial charge in [0.2, 0.25) is 5.91 Å². The lowest BCUT2D eigenvalue weighted by Gasteiger charge is -2.08. The average Bonchev–Trinajstić information content (AvgIpc) is 3.06. The maximum atomic E-state index is 12.1. The number of aromatic nitrogens is 2. The number of anilines is 1. The Balaban J connectivity index is 1.59. The minimum Gasteiger partial charge on any atom is -0.326 e. The summed E-state index contributed by atoms with van der Waals surface area (Å²) in [4.78, 5) is 20.8. The molecule has 2 aromatic heterocycles. The standard InChI is InChI=1S/C18H16ClN3OS/c1-12-4-5-14(19)9-15(12)21-17(23)6-7-18-22-16(11-24-18)13-3-2-8-20-10-13/h2-5,8-11H,6-7H2,1H3,(H,21,23). The molecule has 2 heterocycles. The Hall–Kier alpha value is -2.24. The van der Waals surface area contributed by atoms with E-state index in [4.69, 9.17) is 11.6 Å². The summed E-state index contributed by atoms with van der Waals surface area (Å²) in [6, 6.07) is 9.31. The second-order valence-electron chi connectivity index (χ2n) is 5.38. The third-order valence-electron chi connectivity index (χ3n) is 3.55. The highest BCUT2D eigenvalue weighted by molar-refractivity contribution is 7.09. The van der Waals surface area contributed by atoms with Gasteiger partial charge in [0.05, 0.1) is 10.7 Å². The minimum absolute atomic E-state index is 0.0431. The predicted octanol–water partition coefficient (Wildman–Crippen LogP) is 4.74. The van der Waals surface area contributed by atoms with Gasteiger partial charge in [0.1, 0.15) is 0 Å². The fraction of sp³-hybridized carbons (Fsp3) is 0.167. The smallest absolute Gasteiger partial charge is 0.224 e. The second kappa shape index (κ2) is 7.55. The lowest BCUT2D eigenvalue weighted by atomic mass is 10.2. The van der Waals surface area contributed by atoms with Gasteiger partial charge in [-0.3, -0.25) is 9.78 Å². The molecule has 6 heteroatoms. The maximum absolute atomic E-state index is 12.1. The number of aryl methyl sites for hydroxylation is 2. The van der Waals surface area contributed by atoms with Gasteiger partial charge in [-0.1, -0.05) is 17.7 Å². The largest absolute Gasteiger partial charge is 0.326 e. The van der Waals surface area contributed by atoms with Crippen molar-refractivity contribution in [2.24, 2.45) is 0 Å². The van der Waals surface area contributed by atoms with Crippen LogP contribution in [-0.2, 0) is 11.2 Å². The van der Waals surface area contributed by atoms with Gasteiger partial charge in [-0.15, -0.1) is 11.3 Å². The molecule has 0 spiro atoms. The first-order valence-corrected chi connectivity index (χ1v) is 8.78. The molecule has 0 unspecified atom stereocenters. The van der Waals surface area contributed by atoms with Crippen LogP contribution in [0, 0.1) is 6.92 Å². The molecule has 1 N–H and O–H groups in total. The van der Waals surface area contributed by atoms with Crippen molar-refractivity contribution in [3.63, 3.8) is 0 Å². The van der Waals surface area contributed by atoms with Crippen molar-refractivity contribution in [2.45, 2.75) is 19.8 Å². The van der Waals surface area contributed by atoms with E-state index in [2.05, 4.69) is 15.3 Å². The van der Waals surface area contributed by atoms with Crippen LogP contribution in [0.25, 0.3) is 11.3 Å². The van der Waals surface area contributed by atoms with Crippen molar-refractivity contribution >= 4 is 34.5 Å². The SMILES string of the molecule is Cc1ccc(Cl)cc1NC(=O)CCc1nc(-c2cccnc2)cs1. The monoisotopic (exact) mass is 357 g/mol. The molecule has 0 aliphatic carbocycles. The number of carbonyl (C=O) groups excluding carboxylic acids is 1. The van der Waals surface area contributed by atoms with Crippen molar-refractivity contribution in [1.29, 1.82) is 0 Å². The molecular weight excluding hydrogens is 342 g/mol. The number of pyridine rings is 1. The first-order valence-electron chi connectivity index (χ1n) is 7.52. The molecule has 0 saturated carbocycles. The van der Waals surface area contributed by atoms with Gasteiger partial charge >= 0.3 is 0 Å². The van der Waals surface area contributed by atoms with E-state index in [1.165, 1.54) is 0 Å². The van der Waals surface area contributed by atoms with E-state index in [1.54, 1.807) is 29.8 Å². The van der Waals surface area contributed by atoms with E-state index in [0.29, 0.717) is 17.9 Å². The molecule has 1 amide bonds. The molecule has 122 valence electrons. The van der Waals surface area contributed by atoms with E-state index < -0.39 is 0 Å². The van der Waals surface area contributed by atoms with Crippen molar-refractivity contribution in [3.8, 4) is 11.3 Å². The first-order chi connectivity index (χ1) is 11.6. The number of hydrogen-bond acceptors (Lipinski definition) is 4. The number of carbonyl (C=O) groups is 1. The molecule has 0 aliphatic heterocycles. The number of benzene rings is 1. The lowest BCUT2D eigenvalue weighted by Crippen LogP contribution is -2.13. The lowest BCUT2D eigenvalue weighted by molar-refractivity contribution is -0.116. The number of rotatable bonds is 5. The van der Waals surface area contributed by atoms with E-state index >= 15 is 0 Å². The summed E-state index contributed by atoms with van der Waals surface area (Å²) < 4.78 is 0. The highest BCUT2D eigenvalue weighted by Gasteiger charge is 2.09. The molecule has 3 aromatic rings. The van der Waals surface area contributed by atoms with Gasteiger partial charge in [0, 0.05) is 46.9 Å². The van der Waals surface area contributed by atoms with Gasteiger partial charge in [-0.2, -0.15) is 0 Å². The Morgan fingerprint density at radius 1 is 1.33 bits per heavy atom. The summed E-state index contributed by atoms with van der Waals surface area (Å²) in [5.74, 6) is -0.0431. The second-order valence-corrected chi connectivity index (χ2v) is 6.75. The average molecular weight is 358 g/mol. The van der Waals surface area contributed by atoms with Crippen LogP contribution in [0.5, 0.6) is 0 Å². The molecule has 0 saturated heterocycles. The van der Waals surface area contributed by atoms with Crippen LogP contribution in [0.3, 0.4) is 0 Å². The molecule has 3 rings (SSSR count). The zero-order valence-electron chi connectivity index (χ0n) is 13.1. The van der Waals surface area contributed by atoms with Gasteiger partial charge < -0.3 is 5.32 Å². The number of hydrogen-bond donors (Lipinski definition) is 1. The topological polar surface area (TPSA) is 54.9 Å². The number of amides is 1. The summed E-state index contributed by atoms with van der Waals surface area (Å²) in [6.07, 6.45) is 4.51. The van der Waals surface area contributed by atoms with Crippen LogP contribution in [-0.4, -0.2) is 15.9 Å². The van der Waals surface area contributed by atoms with Gasteiger partial charge in [-0.05, 0) is 36.8 Å². The molecule has 0 bridgehead atoms. The van der Waals surface area contributed by atoms with Gasteiger partial charge in [0.25, 0.3) is 0 Å². The van der Waals surface area contributed by atoms with Crippen molar-refractivity contribution in [3.05, 3.63) is 63.7 Å². The summed E-state index contributed by atoms with van der Waals surface area (Å²) in [5.41, 5.74) is 3.62. The van der Waals surface area contributed by atoms with Crippen molar-refractivity contribution in [2.75, 3.05) is 5.32 Å². The molecule has 24 heavy (non-hydrogen) atoms. The molecule has 0 radical (unpaired) electrons.